The van der Waals surface area contributed by atoms with Crippen LogP contribution in [0, 0.1) is 5.92 Å². The number of unbranched alkanes of at least 4 members (excludes halogenated alkanes) is 1. The van der Waals surface area contributed by atoms with Crippen LogP contribution in [0.2, 0.25) is 0 Å². The first-order valence-electron chi connectivity index (χ1n) is 6.38. The monoisotopic (exact) mass is 207 g/mol. The van der Waals surface area contributed by atoms with Gasteiger partial charge in [0.2, 0.25) is 0 Å². The van der Waals surface area contributed by atoms with Gasteiger partial charge in [0.05, 0.1) is 0 Å². The lowest BCUT2D eigenvalue weighted by Crippen LogP contribution is -2.11. The van der Waals surface area contributed by atoms with E-state index in [1.54, 1.807) is 0 Å². The standard InChI is InChI=1S/C14H25N/c1-3-4-6-11-14(15)12(2)13-9-7-5-8-10-13/h6,11,13H,3-5,7-10,15H2,1-2H3/b11-6-,14-12-. The second-order valence-electron chi connectivity index (χ2n) is 4.66. The van der Waals surface area contributed by atoms with Gasteiger partial charge in [-0.2, -0.15) is 0 Å². The van der Waals surface area contributed by atoms with Crippen molar-refractivity contribution in [2.24, 2.45) is 11.7 Å². The fourth-order valence-corrected chi connectivity index (χ4v) is 2.28. The summed E-state index contributed by atoms with van der Waals surface area (Å²) < 4.78 is 0. The third kappa shape index (κ3) is 4.11. The van der Waals surface area contributed by atoms with Crippen LogP contribution in [0.25, 0.3) is 0 Å². The van der Waals surface area contributed by atoms with Crippen LogP contribution < -0.4 is 5.73 Å². The highest BCUT2D eigenvalue weighted by Crippen LogP contribution is 2.30. The summed E-state index contributed by atoms with van der Waals surface area (Å²) in [6.45, 7) is 4.40. The molecular weight excluding hydrogens is 182 g/mol. The molecular formula is C14H25N. The molecule has 0 saturated heterocycles. The average Bonchev–Trinajstić information content (AvgIpc) is 2.29. The molecule has 1 fully saturated rings. The molecule has 0 atom stereocenters. The molecule has 1 aliphatic rings. The smallest absolute Gasteiger partial charge is 0.0302 e. The van der Waals surface area contributed by atoms with E-state index in [2.05, 4.69) is 26.0 Å². The molecule has 86 valence electrons. The lowest BCUT2D eigenvalue weighted by atomic mass is 9.83. The van der Waals surface area contributed by atoms with Gasteiger partial charge in [0.25, 0.3) is 0 Å². The molecule has 0 bridgehead atoms. The molecule has 0 heterocycles. The molecule has 0 spiro atoms. The van der Waals surface area contributed by atoms with Gasteiger partial charge in [0.1, 0.15) is 0 Å². The van der Waals surface area contributed by atoms with Crippen molar-refractivity contribution >= 4 is 0 Å². The van der Waals surface area contributed by atoms with Crippen molar-refractivity contribution in [1.29, 1.82) is 0 Å². The molecule has 0 aromatic carbocycles. The normalized spacial score (nSPS) is 20.7. The Morgan fingerprint density at radius 3 is 2.53 bits per heavy atom. The maximum atomic E-state index is 6.08. The number of hydrogen-bond donors (Lipinski definition) is 1. The zero-order valence-electron chi connectivity index (χ0n) is 10.3. The third-order valence-corrected chi connectivity index (χ3v) is 3.43. The number of allylic oxidation sites excluding steroid dienone is 3. The van der Waals surface area contributed by atoms with E-state index in [0.29, 0.717) is 0 Å². The average molecular weight is 207 g/mol. The van der Waals surface area contributed by atoms with Crippen LogP contribution in [-0.2, 0) is 0 Å². The Bertz CT molecular complexity index is 232. The molecule has 0 aliphatic heterocycles. The van der Waals surface area contributed by atoms with Crippen LogP contribution >= 0.6 is 0 Å². The van der Waals surface area contributed by atoms with Crippen LogP contribution in [0.1, 0.15) is 58.8 Å². The predicted octanol–water partition coefficient (Wildman–Crippen LogP) is 4.16. The molecule has 0 aromatic rings. The van der Waals surface area contributed by atoms with Crippen molar-refractivity contribution in [1.82, 2.24) is 0 Å². The predicted molar refractivity (Wildman–Crippen MR) is 67.5 cm³/mol. The molecule has 1 aliphatic carbocycles. The minimum Gasteiger partial charge on any atom is -0.399 e. The molecule has 1 saturated carbocycles. The van der Waals surface area contributed by atoms with Gasteiger partial charge in [-0.05, 0) is 43.8 Å². The van der Waals surface area contributed by atoms with E-state index in [0.717, 1.165) is 18.0 Å². The van der Waals surface area contributed by atoms with E-state index in [-0.39, 0.29) is 0 Å². The van der Waals surface area contributed by atoms with E-state index >= 15 is 0 Å². The second-order valence-corrected chi connectivity index (χ2v) is 4.66. The maximum Gasteiger partial charge on any atom is 0.0302 e. The summed E-state index contributed by atoms with van der Waals surface area (Å²) in [7, 11) is 0. The van der Waals surface area contributed by atoms with E-state index in [1.807, 2.05) is 0 Å². The zero-order valence-corrected chi connectivity index (χ0v) is 10.3. The summed E-state index contributed by atoms with van der Waals surface area (Å²) in [5.74, 6) is 0.755. The number of hydrogen-bond acceptors (Lipinski definition) is 1. The number of rotatable bonds is 4. The van der Waals surface area contributed by atoms with Crippen LogP contribution in [0.15, 0.2) is 23.4 Å². The van der Waals surface area contributed by atoms with Gasteiger partial charge in [-0.1, -0.05) is 38.7 Å². The first kappa shape index (κ1) is 12.4. The molecule has 1 nitrogen and oxygen atoms in total. The highest BCUT2D eigenvalue weighted by atomic mass is 14.6. The van der Waals surface area contributed by atoms with E-state index in [1.165, 1.54) is 44.1 Å². The van der Waals surface area contributed by atoms with Crippen LogP contribution in [0.4, 0.5) is 0 Å². The molecule has 0 aromatic heterocycles. The quantitative estimate of drug-likeness (QED) is 0.688. The Labute approximate surface area is 94.4 Å². The summed E-state index contributed by atoms with van der Waals surface area (Å²) in [6, 6.07) is 0. The lowest BCUT2D eigenvalue weighted by Gasteiger charge is -2.23. The molecule has 1 rings (SSSR count). The summed E-state index contributed by atoms with van der Waals surface area (Å²) in [5.41, 5.74) is 8.51. The first-order chi connectivity index (χ1) is 7.25. The second kappa shape index (κ2) is 6.71. The fourth-order valence-electron chi connectivity index (χ4n) is 2.28. The minimum atomic E-state index is 0.755. The SMILES string of the molecule is CCC/C=C\C(N)=C(/C)C1CCCCC1. The van der Waals surface area contributed by atoms with Crippen LogP contribution in [-0.4, -0.2) is 0 Å². The van der Waals surface area contributed by atoms with E-state index in [9.17, 15) is 0 Å². The Balaban J connectivity index is 2.53. The third-order valence-electron chi connectivity index (χ3n) is 3.43. The summed E-state index contributed by atoms with van der Waals surface area (Å²) >= 11 is 0. The van der Waals surface area contributed by atoms with Crippen molar-refractivity contribution in [3.8, 4) is 0 Å². The van der Waals surface area contributed by atoms with Crippen LogP contribution in [0.5, 0.6) is 0 Å². The Hall–Kier alpha value is -0.720. The summed E-state index contributed by atoms with van der Waals surface area (Å²) in [6.07, 6.45) is 13.5. The molecule has 0 radical (unpaired) electrons. The highest BCUT2D eigenvalue weighted by molar-refractivity contribution is 5.23. The van der Waals surface area contributed by atoms with E-state index < -0.39 is 0 Å². The van der Waals surface area contributed by atoms with Gasteiger partial charge < -0.3 is 5.73 Å². The van der Waals surface area contributed by atoms with Crippen LogP contribution in [0.3, 0.4) is 0 Å². The topological polar surface area (TPSA) is 26.0 Å². The summed E-state index contributed by atoms with van der Waals surface area (Å²) in [5, 5.41) is 0. The molecule has 15 heavy (non-hydrogen) atoms. The van der Waals surface area contributed by atoms with Gasteiger partial charge in [-0.15, -0.1) is 0 Å². The van der Waals surface area contributed by atoms with Gasteiger partial charge in [-0.3, -0.25) is 0 Å². The first-order valence-corrected chi connectivity index (χ1v) is 6.38. The van der Waals surface area contributed by atoms with Gasteiger partial charge >= 0.3 is 0 Å². The summed E-state index contributed by atoms with van der Waals surface area (Å²) in [4.78, 5) is 0. The molecule has 1 heteroatoms. The lowest BCUT2D eigenvalue weighted by molar-refractivity contribution is 0.401. The number of nitrogens with two attached hydrogens (primary N) is 1. The minimum absolute atomic E-state index is 0.755. The van der Waals surface area contributed by atoms with Crippen molar-refractivity contribution in [2.75, 3.05) is 0 Å². The van der Waals surface area contributed by atoms with Crippen molar-refractivity contribution in [2.45, 2.75) is 58.8 Å². The van der Waals surface area contributed by atoms with Crippen molar-refractivity contribution in [3.05, 3.63) is 23.4 Å². The maximum absolute atomic E-state index is 6.08. The molecule has 0 unspecified atom stereocenters. The van der Waals surface area contributed by atoms with Crippen molar-refractivity contribution in [3.63, 3.8) is 0 Å². The van der Waals surface area contributed by atoms with Gasteiger partial charge in [0.15, 0.2) is 0 Å². The van der Waals surface area contributed by atoms with Gasteiger partial charge in [-0.25, -0.2) is 0 Å². The van der Waals surface area contributed by atoms with Crippen molar-refractivity contribution < 1.29 is 0 Å². The van der Waals surface area contributed by atoms with E-state index in [4.69, 9.17) is 5.73 Å². The Morgan fingerprint density at radius 1 is 1.27 bits per heavy atom. The van der Waals surface area contributed by atoms with Gasteiger partial charge in [0, 0.05) is 5.70 Å². The Kier molecular flexibility index (Phi) is 5.52. The fraction of sp³-hybridized carbons (Fsp3) is 0.714. The Morgan fingerprint density at radius 2 is 1.93 bits per heavy atom. The molecule has 0 amide bonds. The zero-order chi connectivity index (χ0) is 11.1. The molecule has 2 N–H and O–H groups in total. The largest absolute Gasteiger partial charge is 0.399 e. The highest BCUT2D eigenvalue weighted by Gasteiger charge is 2.15.